The monoisotopic (exact) mass is 505 g/mol. The Morgan fingerprint density at radius 3 is 2.31 bits per heavy atom. The molecule has 0 saturated carbocycles. The first-order chi connectivity index (χ1) is 17.0. The number of carbonyl (C=O) groups excluding carboxylic acids is 1. The third kappa shape index (κ3) is 5.39. The summed E-state index contributed by atoms with van der Waals surface area (Å²) in [7, 11) is 0. The molecule has 1 amide bonds. The lowest BCUT2D eigenvalue weighted by Crippen LogP contribution is -2.49. The summed E-state index contributed by atoms with van der Waals surface area (Å²) in [5.74, 6) is 2.40. The van der Waals surface area contributed by atoms with E-state index in [2.05, 4.69) is 49.1 Å². The summed E-state index contributed by atoms with van der Waals surface area (Å²) in [6, 6.07) is 24.9. The maximum absolute atomic E-state index is 13.5. The molecule has 1 unspecified atom stereocenters. The normalized spacial score (nSPS) is 21.4. The van der Waals surface area contributed by atoms with Crippen molar-refractivity contribution in [2.45, 2.75) is 74.3 Å². The van der Waals surface area contributed by atoms with Gasteiger partial charge in [0.1, 0.15) is 11.9 Å². The first-order valence-corrected chi connectivity index (χ1v) is 13.9. The minimum atomic E-state index is 0.156. The number of ether oxygens (including phenoxy) is 1. The Labute approximate surface area is 217 Å². The number of thioether (sulfide) groups is 1. The van der Waals surface area contributed by atoms with Crippen molar-refractivity contribution in [1.82, 2.24) is 4.90 Å². The summed E-state index contributed by atoms with van der Waals surface area (Å²) >= 11 is 7.99. The second-order valence-corrected chi connectivity index (χ2v) is 11.3. The molecular formula is C30H32ClNO2S. The highest BCUT2D eigenvalue weighted by molar-refractivity contribution is 7.98. The van der Waals surface area contributed by atoms with Gasteiger partial charge in [0.05, 0.1) is 5.02 Å². The number of nitrogens with zero attached hydrogens (tertiary/aromatic N) is 1. The van der Waals surface area contributed by atoms with E-state index in [9.17, 15) is 4.79 Å². The molecule has 35 heavy (non-hydrogen) atoms. The van der Waals surface area contributed by atoms with Crippen molar-refractivity contribution in [2.24, 2.45) is 0 Å². The Balaban J connectivity index is 1.21. The lowest BCUT2D eigenvalue weighted by Gasteiger charge is -2.39. The summed E-state index contributed by atoms with van der Waals surface area (Å²) in [4.78, 5) is 16.7. The van der Waals surface area contributed by atoms with Crippen molar-refractivity contribution in [1.29, 1.82) is 0 Å². The molecule has 0 spiro atoms. The van der Waals surface area contributed by atoms with Crippen LogP contribution in [0.3, 0.4) is 0 Å². The summed E-state index contributed by atoms with van der Waals surface area (Å²) in [5.41, 5.74) is 3.22. The number of rotatable bonds is 7. The zero-order valence-electron chi connectivity index (χ0n) is 20.3. The van der Waals surface area contributed by atoms with Gasteiger partial charge in [-0.05, 0) is 60.2 Å². The number of benzene rings is 3. The largest absolute Gasteiger partial charge is 0.490 e. The molecule has 0 aliphatic carbocycles. The highest BCUT2D eigenvalue weighted by atomic mass is 35.5. The molecule has 2 aliphatic heterocycles. The van der Waals surface area contributed by atoms with Gasteiger partial charge in [0.2, 0.25) is 0 Å². The van der Waals surface area contributed by atoms with Gasteiger partial charge in [-0.2, -0.15) is 0 Å². The van der Waals surface area contributed by atoms with E-state index < -0.39 is 0 Å². The highest BCUT2D eigenvalue weighted by Gasteiger charge is 2.44. The van der Waals surface area contributed by atoms with E-state index in [-0.39, 0.29) is 24.1 Å². The molecule has 2 heterocycles. The van der Waals surface area contributed by atoms with Crippen molar-refractivity contribution < 1.29 is 9.53 Å². The van der Waals surface area contributed by atoms with Crippen molar-refractivity contribution in [3.8, 4) is 5.75 Å². The van der Waals surface area contributed by atoms with Crippen molar-refractivity contribution in [3.05, 3.63) is 94.5 Å². The molecule has 2 bridgehead atoms. The van der Waals surface area contributed by atoms with E-state index in [0.29, 0.717) is 5.92 Å². The number of hydrogen-bond donors (Lipinski definition) is 0. The topological polar surface area (TPSA) is 29.5 Å². The van der Waals surface area contributed by atoms with Gasteiger partial charge >= 0.3 is 0 Å². The van der Waals surface area contributed by atoms with Gasteiger partial charge in [-0.1, -0.05) is 67.9 Å². The van der Waals surface area contributed by atoms with E-state index in [4.69, 9.17) is 16.3 Å². The second kappa shape index (κ2) is 10.7. The summed E-state index contributed by atoms with van der Waals surface area (Å²) < 4.78 is 6.50. The molecule has 5 heteroatoms. The smallest absolute Gasteiger partial charge is 0.254 e. The van der Waals surface area contributed by atoms with Crippen LogP contribution in [0.25, 0.3) is 0 Å². The molecule has 2 aliphatic rings. The van der Waals surface area contributed by atoms with Crippen LogP contribution in [0.5, 0.6) is 5.75 Å². The number of carbonyl (C=O) groups is 1. The number of hydrogen-bond acceptors (Lipinski definition) is 3. The highest BCUT2D eigenvalue weighted by Crippen LogP contribution is 2.39. The zero-order chi connectivity index (χ0) is 24.4. The molecule has 3 nitrogen and oxygen atoms in total. The third-order valence-corrected chi connectivity index (χ3v) is 8.78. The van der Waals surface area contributed by atoms with Crippen LogP contribution in [0, 0.1) is 0 Å². The van der Waals surface area contributed by atoms with Crippen LogP contribution < -0.4 is 4.74 Å². The molecule has 0 radical (unpaired) electrons. The van der Waals surface area contributed by atoms with Crippen LogP contribution in [0.15, 0.2) is 77.7 Å². The van der Waals surface area contributed by atoms with Crippen molar-refractivity contribution in [3.63, 3.8) is 0 Å². The van der Waals surface area contributed by atoms with Crippen LogP contribution in [0.2, 0.25) is 5.02 Å². The van der Waals surface area contributed by atoms with Gasteiger partial charge < -0.3 is 9.64 Å². The lowest BCUT2D eigenvalue weighted by atomic mass is 9.97. The Bertz CT molecular complexity index is 1160. The number of halogens is 1. The van der Waals surface area contributed by atoms with Crippen LogP contribution >= 0.6 is 23.4 Å². The first-order valence-electron chi connectivity index (χ1n) is 12.5. The van der Waals surface area contributed by atoms with Gasteiger partial charge in [-0.15, -0.1) is 11.8 Å². The molecule has 3 aromatic rings. The van der Waals surface area contributed by atoms with Crippen molar-refractivity contribution >= 4 is 29.3 Å². The summed E-state index contributed by atoms with van der Waals surface area (Å²) in [6.07, 6.45) is 4.10. The number of piperidine rings is 1. The number of fused-ring (bicyclic) bond motifs is 2. The number of amides is 1. The fourth-order valence-electron chi connectivity index (χ4n) is 5.41. The molecule has 0 aromatic heterocycles. The average molecular weight is 506 g/mol. The molecule has 3 aromatic carbocycles. The van der Waals surface area contributed by atoms with Crippen LogP contribution in [-0.4, -0.2) is 29.0 Å². The molecular weight excluding hydrogens is 474 g/mol. The van der Waals surface area contributed by atoms with E-state index >= 15 is 0 Å². The van der Waals surface area contributed by atoms with Gasteiger partial charge in [0.25, 0.3) is 5.91 Å². The summed E-state index contributed by atoms with van der Waals surface area (Å²) in [5, 5.41) is 0.778. The fraction of sp³-hybridized carbons (Fsp3) is 0.367. The quantitative estimate of drug-likeness (QED) is 0.305. The van der Waals surface area contributed by atoms with Gasteiger partial charge in [0.15, 0.2) is 0 Å². The standard InChI is InChI=1S/C30H32ClNO2S/c1-20(2)26-7-3-5-9-28(26)34-25-17-23-15-16-24(18-25)32(23)30(33)22-13-11-21(12-14-22)19-35-29-10-6-4-8-27(29)31/h3-14,20,23-25H,15-19H2,1-2H3/t23-,24+,25?. The Morgan fingerprint density at radius 1 is 0.971 bits per heavy atom. The minimum absolute atomic E-state index is 0.156. The van der Waals surface area contributed by atoms with E-state index in [1.54, 1.807) is 11.8 Å². The Hall–Kier alpha value is -2.43. The maximum Gasteiger partial charge on any atom is 0.254 e. The van der Waals surface area contributed by atoms with E-state index in [1.807, 2.05) is 42.5 Å². The fourth-order valence-corrected chi connectivity index (χ4v) is 6.61. The van der Waals surface area contributed by atoms with Crippen LogP contribution in [0.4, 0.5) is 0 Å². The first kappa shape index (κ1) is 24.3. The van der Waals surface area contributed by atoms with E-state index in [1.165, 1.54) is 11.1 Å². The minimum Gasteiger partial charge on any atom is -0.490 e. The molecule has 182 valence electrons. The molecule has 5 rings (SSSR count). The van der Waals surface area contributed by atoms with Crippen LogP contribution in [-0.2, 0) is 5.75 Å². The Morgan fingerprint density at radius 2 is 1.63 bits per heavy atom. The Kier molecular flexibility index (Phi) is 7.40. The molecule has 2 saturated heterocycles. The van der Waals surface area contributed by atoms with Crippen molar-refractivity contribution in [2.75, 3.05) is 0 Å². The number of para-hydroxylation sites is 1. The average Bonchev–Trinajstić information content (AvgIpc) is 3.13. The second-order valence-electron chi connectivity index (χ2n) is 9.92. The van der Waals surface area contributed by atoms with Crippen LogP contribution in [0.1, 0.15) is 66.9 Å². The lowest BCUT2D eigenvalue weighted by molar-refractivity contribution is 0.0356. The van der Waals surface area contributed by atoms with Gasteiger partial charge in [0, 0.05) is 41.1 Å². The maximum atomic E-state index is 13.5. The van der Waals surface area contributed by atoms with E-state index in [0.717, 1.165) is 52.7 Å². The third-order valence-electron chi connectivity index (χ3n) is 7.19. The molecule has 2 fully saturated rings. The molecule has 3 atom stereocenters. The predicted molar refractivity (Wildman–Crippen MR) is 145 cm³/mol. The molecule has 0 N–H and O–H groups in total. The van der Waals surface area contributed by atoms with Gasteiger partial charge in [-0.3, -0.25) is 4.79 Å². The predicted octanol–water partition coefficient (Wildman–Crippen LogP) is 7.97. The van der Waals surface area contributed by atoms with Gasteiger partial charge in [-0.25, -0.2) is 0 Å². The summed E-state index contributed by atoms with van der Waals surface area (Å²) in [6.45, 7) is 4.40. The zero-order valence-corrected chi connectivity index (χ0v) is 21.9. The SMILES string of the molecule is CC(C)c1ccccc1OC1C[C@H]2CC[C@@H](C1)N2C(=O)c1ccc(CSc2ccccc2Cl)cc1.